The number of morpholine rings is 1. The molecule has 1 aromatic carbocycles. The fourth-order valence-electron chi connectivity index (χ4n) is 4.59. The Hall–Kier alpha value is -2.77. The maximum atomic E-state index is 11.0. The summed E-state index contributed by atoms with van der Waals surface area (Å²) in [7, 11) is 0. The van der Waals surface area contributed by atoms with Crippen molar-refractivity contribution in [2.45, 2.75) is 26.4 Å². The molecule has 30 heavy (non-hydrogen) atoms. The third-order valence-corrected chi connectivity index (χ3v) is 6.26. The first-order valence-electron chi connectivity index (χ1n) is 10.6. The zero-order valence-electron chi connectivity index (χ0n) is 17.4. The van der Waals surface area contributed by atoms with Crippen LogP contribution in [0.15, 0.2) is 30.5 Å². The second-order valence-corrected chi connectivity index (χ2v) is 8.08. The van der Waals surface area contributed by atoms with E-state index >= 15 is 0 Å². The molecule has 0 atom stereocenters. The van der Waals surface area contributed by atoms with Gasteiger partial charge in [0.25, 0.3) is 0 Å². The summed E-state index contributed by atoms with van der Waals surface area (Å²) in [4.78, 5) is 24.9. The molecule has 5 rings (SSSR count). The molecule has 0 bridgehead atoms. The SMILES string of the molecule is Cc1nc2cnc(N3CCOCC3)cc2n1Cc1cccc2c1CN(CC=O)CC2. The first kappa shape index (κ1) is 19.2. The smallest absolute Gasteiger partial charge is 0.133 e. The molecule has 4 heterocycles. The predicted molar refractivity (Wildman–Crippen MR) is 116 cm³/mol. The van der Waals surface area contributed by atoms with Crippen LogP contribution in [0, 0.1) is 6.92 Å². The molecule has 0 spiro atoms. The molecule has 1 fully saturated rings. The molecule has 1 saturated heterocycles. The number of imidazole rings is 1. The zero-order valence-corrected chi connectivity index (χ0v) is 17.4. The largest absolute Gasteiger partial charge is 0.378 e. The minimum absolute atomic E-state index is 0.495. The van der Waals surface area contributed by atoms with Crippen LogP contribution in [0.1, 0.15) is 22.5 Å². The normalized spacial score (nSPS) is 17.3. The van der Waals surface area contributed by atoms with Gasteiger partial charge in [0.05, 0.1) is 31.5 Å². The molecule has 7 heteroatoms. The summed E-state index contributed by atoms with van der Waals surface area (Å²) in [6.45, 7) is 8.31. The minimum Gasteiger partial charge on any atom is -0.378 e. The van der Waals surface area contributed by atoms with Crippen LogP contribution >= 0.6 is 0 Å². The lowest BCUT2D eigenvalue weighted by molar-refractivity contribution is -0.109. The molecule has 2 aromatic heterocycles. The summed E-state index contributed by atoms with van der Waals surface area (Å²) >= 11 is 0. The number of rotatable bonds is 5. The number of aryl methyl sites for hydroxylation is 1. The van der Waals surface area contributed by atoms with Crippen LogP contribution in [0.5, 0.6) is 0 Å². The number of benzene rings is 1. The van der Waals surface area contributed by atoms with Gasteiger partial charge in [-0.05, 0) is 30.0 Å². The third-order valence-electron chi connectivity index (χ3n) is 6.26. The lowest BCUT2D eigenvalue weighted by Gasteiger charge is -2.29. The Morgan fingerprint density at radius 1 is 1.20 bits per heavy atom. The van der Waals surface area contributed by atoms with Crippen molar-refractivity contribution in [1.82, 2.24) is 19.4 Å². The van der Waals surface area contributed by atoms with Crippen LogP contribution in [-0.4, -0.2) is 65.1 Å². The van der Waals surface area contributed by atoms with E-state index in [0.29, 0.717) is 6.54 Å². The van der Waals surface area contributed by atoms with Gasteiger partial charge in [-0.2, -0.15) is 0 Å². The predicted octanol–water partition coefficient (Wildman–Crippen LogP) is 2.18. The average molecular weight is 406 g/mol. The molecule has 0 N–H and O–H groups in total. The number of hydrogen-bond acceptors (Lipinski definition) is 6. The molecule has 2 aliphatic rings. The van der Waals surface area contributed by atoms with Gasteiger partial charge in [-0.3, -0.25) is 4.90 Å². The van der Waals surface area contributed by atoms with Gasteiger partial charge in [0, 0.05) is 38.8 Å². The van der Waals surface area contributed by atoms with Gasteiger partial charge in [0.15, 0.2) is 0 Å². The van der Waals surface area contributed by atoms with Crippen LogP contribution in [0.25, 0.3) is 11.0 Å². The Bertz CT molecular complexity index is 1070. The van der Waals surface area contributed by atoms with Crippen molar-refractivity contribution in [3.8, 4) is 0 Å². The van der Waals surface area contributed by atoms with E-state index in [-0.39, 0.29) is 0 Å². The molecule has 0 radical (unpaired) electrons. The topological polar surface area (TPSA) is 63.5 Å². The maximum absolute atomic E-state index is 11.0. The molecule has 0 amide bonds. The van der Waals surface area contributed by atoms with Gasteiger partial charge >= 0.3 is 0 Å². The summed E-state index contributed by atoms with van der Waals surface area (Å²) in [6, 6.07) is 8.74. The Labute approximate surface area is 176 Å². The number of aldehydes is 1. The highest BCUT2D eigenvalue weighted by atomic mass is 16.5. The number of ether oxygens (including phenoxy) is 1. The second kappa shape index (κ2) is 8.16. The Morgan fingerprint density at radius 2 is 2.07 bits per heavy atom. The van der Waals surface area contributed by atoms with Gasteiger partial charge in [-0.1, -0.05) is 18.2 Å². The van der Waals surface area contributed by atoms with Crippen molar-refractivity contribution in [3.05, 3.63) is 53.0 Å². The van der Waals surface area contributed by atoms with Crippen molar-refractivity contribution >= 4 is 23.1 Å². The average Bonchev–Trinajstić information content (AvgIpc) is 3.09. The minimum atomic E-state index is 0.495. The van der Waals surface area contributed by atoms with Gasteiger partial charge in [-0.25, -0.2) is 9.97 Å². The van der Waals surface area contributed by atoms with E-state index in [1.165, 1.54) is 16.7 Å². The van der Waals surface area contributed by atoms with Crippen molar-refractivity contribution < 1.29 is 9.53 Å². The van der Waals surface area contributed by atoms with E-state index < -0.39 is 0 Å². The summed E-state index contributed by atoms with van der Waals surface area (Å²) in [5.74, 6) is 1.98. The number of pyridine rings is 1. The number of carbonyl (C=O) groups is 1. The standard InChI is InChI=1S/C23H27N5O2/c1-17-25-21-14-24-23(27-8-11-30-12-9-27)13-22(21)28(17)15-19-4-2-3-18-5-6-26(7-10-29)16-20(18)19/h2-4,10,13-14H,5-9,11-12,15-16H2,1H3. The second-order valence-electron chi connectivity index (χ2n) is 8.08. The summed E-state index contributed by atoms with van der Waals surface area (Å²) in [5, 5.41) is 0. The lowest BCUT2D eigenvalue weighted by Crippen LogP contribution is -2.36. The number of carbonyl (C=O) groups excluding carboxylic acids is 1. The highest BCUT2D eigenvalue weighted by molar-refractivity contribution is 5.78. The van der Waals surface area contributed by atoms with Gasteiger partial charge in [-0.15, -0.1) is 0 Å². The van der Waals surface area contributed by atoms with Gasteiger partial charge in [0.1, 0.15) is 23.4 Å². The van der Waals surface area contributed by atoms with Crippen LogP contribution in [0.3, 0.4) is 0 Å². The first-order valence-corrected chi connectivity index (χ1v) is 10.6. The van der Waals surface area contributed by atoms with Crippen molar-refractivity contribution in [2.75, 3.05) is 44.3 Å². The van der Waals surface area contributed by atoms with Gasteiger partial charge in [0.2, 0.25) is 0 Å². The number of fused-ring (bicyclic) bond motifs is 2. The first-order chi connectivity index (χ1) is 14.7. The number of hydrogen-bond donors (Lipinski definition) is 0. The fraction of sp³-hybridized carbons (Fsp3) is 0.435. The molecule has 7 nitrogen and oxygen atoms in total. The summed E-state index contributed by atoms with van der Waals surface area (Å²) in [6.07, 6.45) is 3.88. The molecule has 0 saturated carbocycles. The monoisotopic (exact) mass is 405 g/mol. The Kier molecular flexibility index (Phi) is 5.23. The Morgan fingerprint density at radius 3 is 2.90 bits per heavy atom. The van der Waals surface area contributed by atoms with Crippen molar-refractivity contribution in [1.29, 1.82) is 0 Å². The Balaban J connectivity index is 1.50. The summed E-state index contributed by atoms with van der Waals surface area (Å²) < 4.78 is 7.77. The molecule has 3 aromatic rings. The van der Waals surface area contributed by atoms with Crippen LogP contribution in [-0.2, 0) is 29.0 Å². The summed E-state index contributed by atoms with van der Waals surface area (Å²) in [5.41, 5.74) is 6.09. The molecule has 0 unspecified atom stereocenters. The van der Waals surface area contributed by atoms with E-state index in [1.807, 2.05) is 6.20 Å². The zero-order chi connectivity index (χ0) is 20.5. The molecular weight excluding hydrogens is 378 g/mol. The number of anilines is 1. The number of aromatic nitrogens is 3. The fourth-order valence-corrected chi connectivity index (χ4v) is 4.59. The van der Waals surface area contributed by atoms with Crippen LogP contribution in [0.4, 0.5) is 5.82 Å². The van der Waals surface area contributed by atoms with E-state index in [0.717, 1.165) is 81.3 Å². The third kappa shape index (κ3) is 3.59. The van der Waals surface area contributed by atoms with E-state index in [9.17, 15) is 4.79 Å². The van der Waals surface area contributed by atoms with Crippen LogP contribution in [0.2, 0.25) is 0 Å². The quantitative estimate of drug-likeness (QED) is 0.607. The van der Waals surface area contributed by atoms with Crippen molar-refractivity contribution in [3.63, 3.8) is 0 Å². The van der Waals surface area contributed by atoms with E-state index in [4.69, 9.17) is 9.72 Å². The highest BCUT2D eigenvalue weighted by Crippen LogP contribution is 2.26. The highest BCUT2D eigenvalue weighted by Gasteiger charge is 2.20. The molecule has 0 aliphatic carbocycles. The molecule has 2 aliphatic heterocycles. The lowest BCUT2D eigenvalue weighted by atomic mass is 9.94. The molecular formula is C23H27N5O2. The number of nitrogens with zero attached hydrogens (tertiary/aromatic N) is 5. The van der Waals surface area contributed by atoms with Gasteiger partial charge < -0.3 is 19.0 Å². The van der Waals surface area contributed by atoms with E-state index in [1.54, 1.807) is 0 Å². The van der Waals surface area contributed by atoms with Crippen molar-refractivity contribution in [2.24, 2.45) is 0 Å². The maximum Gasteiger partial charge on any atom is 0.133 e. The van der Waals surface area contributed by atoms with E-state index in [2.05, 4.69) is 50.5 Å². The molecule has 156 valence electrons. The van der Waals surface area contributed by atoms with Crippen LogP contribution < -0.4 is 4.90 Å².